The van der Waals surface area contributed by atoms with Crippen LogP contribution in [0.2, 0.25) is 0 Å². The molecule has 0 aromatic heterocycles. The van der Waals surface area contributed by atoms with E-state index < -0.39 is 11.6 Å². The second-order valence-corrected chi connectivity index (χ2v) is 6.22. The molecule has 2 aromatic carbocycles. The lowest BCUT2D eigenvalue weighted by molar-refractivity contribution is 0.129. The van der Waals surface area contributed by atoms with Gasteiger partial charge in [0.15, 0.2) is 11.6 Å². The Balaban J connectivity index is 1.54. The second kappa shape index (κ2) is 8.04. The number of halogens is 2. The molecule has 0 atom stereocenters. The first-order valence-corrected chi connectivity index (χ1v) is 8.42. The van der Waals surface area contributed by atoms with Crippen LogP contribution in [-0.4, -0.2) is 6.21 Å². The van der Waals surface area contributed by atoms with Crippen molar-refractivity contribution in [1.29, 1.82) is 0 Å². The van der Waals surface area contributed by atoms with Gasteiger partial charge in [-0.05, 0) is 36.0 Å². The zero-order chi connectivity index (χ0) is 16.8. The minimum Gasteiger partial charge on any atom is -0.391 e. The Morgan fingerprint density at radius 3 is 2.50 bits per heavy atom. The van der Waals surface area contributed by atoms with E-state index in [0.717, 1.165) is 11.6 Å². The number of nitrogens with zero attached hydrogens (tertiary/aromatic N) is 1. The van der Waals surface area contributed by atoms with Crippen LogP contribution in [-0.2, 0) is 11.4 Å². The summed E-state index contributed by atoms with van der Waals surface area (Å²) in [4.78, 5) is 5.07. The lowest BCUT2D eigenvalue weighted by Crippen LogP contribution is -2.04. The number of oxime groups is 1. The first-order valence-electron chi connectivity index (χ1n) is 8.42. The van der Waals surface area contributed by atoms with Gasteiger partial charge in [-0.1, -0.05) is 60.8 Å². The molecule has 0 amide bonds. The summed E-state index contributed by atoms with van der Waals surface area (Å²) in [6.45, 7) is -0.0970. The molecule has 1 aliphatic carbocycles. The molecule has 4 heteroatoms. The molecule has 2 nitrogen and oxygen atoms in total. The molecule has 0 saturated heterocycles. The average molecular weight is 329 g/mol. The molecule has 0 unspecified atom stereocenters. The summed E-state index contributed by atoms with van der Waals surface area (Å²) >= 11 is 0. The number of benzene rings is 2. The largest absolute Gasteiger partial charge is 0.391 e. The maximum Gasteiger partial charge on any atom is 0.165 e. The van der Waals surface area contributed by atoms with E-state index in [1.165, 1.54) is 49.8 Å². The number of hydrogen-bond acceptors (Lipinski definition) is 2. The van der Waals surface area contributed by atoms with E-state index in [4.69, 9.17) is 4.84 Å². The van der Waals surface area contributed by atoms with Crippen LogP contribution in [0.4, 0.5) is 8.78 Å². The maximum atomic E-state index is 13.5. The van der Waals surface area contributed by atoms with Gasteiger partial charge in [0.2, 0.25) is 0 Å². The normalized spacial score (nSPS) is 15.8. The molecule has 2 aromatic rings. The SMILES string of the molecule is Fc1cccc(CON=Cc2ccc(C3CCCCC3)cc2)c1F. The standard InChI is InChI=1S/C20H21F2NO/c21-19-8-4-7-18(20(19)22)14-24-23-13-15-9-11-17(12-10-15)16-5-2-1-3-6-16/h4,7-13,16H,1-3,5-6,14H2. The van der Waals surface area contributed by atoms with Crippen molar-refractivity contribution in [2.75, 3.05) is 0 Å². The van der Waals surface area contributed by atoms with Crippen LogP contribution in [0.3, 0.4) is 0 Å². The third kappa shape index (κ3) is 4.19. The predicted octanol–water partition coefficient (Wildman–Crippen LogP) is 5.56. The van der Waals surface area contributed by atoms with Crippen molar-refractivity contribution in [3.63, 3.8) is 0 Å². The van der Waals surface area contributed by atoms with Gasteiger partial charge in [0.25, 0.3) is 0 Å². The molecular formula is C20H21F2NO. The van der Waals surface area contributed by atoms with Crippen LogP contribution in [0.5, 0.6) is 0 Å². The number of hydrogen-bond donors (Lipinski definition) is 0. The molecule has 1 aliphatic rings. The van der Waals surface area contributed by atoms with E-state index in [0.29, 0.717) is 5.92 Å². The molecule has 0 N–H and O–H groups in total. The first-order chi connectivity index (χ1) is 11.7. The van der Waals surface area contributed by atoms with Crippen molar-refractivity contribution in [3.05, 3.63) is 70.8 Å². The van der Waals surface area contributed by atoms with Crippen LogP contribution >= 0.6 is 0 Å². The third-order valence-corrected chi connectivity index (χ3v) is 4.54. The Hall–Kier alpha value is -2.23. The molecule has 1 saturated carbocycles. The quantitative estimate of drug-likeness (QED) is 0.519. The Kier molecular flexibility index (Phi) is 5.57. The van der Waals surface area contributed by atoms with Gasteiger partial charge in [-0.15, -0.1) is 0 Å². The van der Waals surface area contributed by atoms with Gasteiger partial charge in [-0.2, -0.15) is 0 Å². The highest BCUT2D eigenvalue weighted by molar-refractivity contribution is 5.79. The molecule has 0 radical (unpaired) electrons. The summed E-state index contributed by atoms with van der Waals surface area (Å²) in [6, 6.07) is 12.3. The monoisotopic (exact) mass is 329 g/mol. The summed E-state index contributed by atoms with van der Waals surface area (Å²) < 4.78 is 26.5. The van der Waals surface area contributed by atoms with Crippen molar-refractivity contribution < 1.29 is 13.6 Å². The van der Waals surface area contributed by atoms with Crippen LogP contribution in [0.25, 0.3) is 0 Å². The predicted molar refractivity (Wildman–Crippen MR) is 91.0 cm³/mol. The maximum absolute atomic E-state index is 13.5. The van der Waals surface area contributed by atoms with Crippen molar-refractivity contribution in [3.8, 4) is 0 Å². The van der Waals surface area contributed by atoms with Gasteiger partial charge in [0, 0.05) is 5.56 Å². The highest BCUT2D eigenvalue weighted by Crippen LogP contribution is 2.32. The fraction of sp³-hybridized carbons (Fsp3) is 0.350. The van der Waals surface area contributed by atoms with E-state index >= 15 is 0 Å². The van der Waals surface area contributed by atoms with E-state index in [1.54, 1.807) is 6.21 Å². The third-order valence-electron chi connectivity index (χ3n) is 4.54. The minimum atomic E-state index is -0.885. The van der Waals surface area contributed by atoms with Crippen molar-refractivity contribution in [2.45, 2.75) is 44.6 Å². The fourth-order valence-corrected chi connectivity index (χ4v) is 3.16. The zero-order valence-corrected chi connectivity index (χ0v) is 13.6. The molecular weight excluding hydrogens is 308 g/mol. The topological polar surface area (TPSA) is 21.6 Å². The van der Waals surface area contributed by atoms with Crippen LogP contribution < -0.4 is 0 Å². The smallest absolute Gasteiger partial charge is 0.165 e. The highest BCUT2D eigenvalue weighted by Gasteiger charge is 2.14. The molecule has 0 aliphatic heterocycles. The molecule has 0 spiro atoms. The van der Waals surface area contributed by atoms with Gasteiger partial charge in [-0.25, -0.2) is 8.78 Å². The Labute approximate surface area is 141 Å². The molecule has 126 valence electrons. The van der Waals surface area contributed by atoms with E-state index in [-0.39, 0.29) is 12.2 Å². The zero-order valence-electron chi connectivity index (χ0n) is 13.6. The lowest BCUT2D eigenvalue weighted by Gasteiger charge is -2.21. The molecule has 0 bridgehead atoms. The van der Waals surface area contributed by atoms with Crippen molar-refractivity contribution in [1.82, 2.24) is 0 Å². The second-order valence-electron chi connectivity index (χ2n) is 6.22. The highest BCUT2D eigenvalue weighted by atomic mass is 19.2. The molecule has 1 fully saturated rings. The van der Waals surface area contributed by atoms with Crippen molar-refractivity contribution >= 4 is 6.21 Å². The van der Waals surface area contributed by atoms with E-state index in [1.807, 2.05) is 12.1 Å². The van der Waals surface area contributed by atoms with E-state index in [2.05, 4.69) is 17.3 Å². The van der Waals surface area contributed by atoms with Crippen LogP contribution in [0.15, 0.2) is 47.6 Å². The first kappa shape index (κ1) is 16.6. The minimum absolute atomic E-state index is 0.0970. The van der Waals surface area contributed by atoms with Gasteiger partial charge >= 0.3 is 0 Å². The molecule has 0 heterocycles. The van der Waals surface area contributed by atoms with Crippen LogP contribution in [0, 0.1) is 11.6 Å². The Morgan fingerprint density at radius 2 is 1.75 bits per heavy atom. The fourth-order valence-electron chi connectivity index (χ4n) is 3.16. The molecule has 24 heavy (non-hydrogen) atoms. The molecule has 3 rings (SSSR count). The van der Waals surface area contributed by atoms with Gasteiger partial charge < -0.3 is 4.84 Å². The summed E-state index contributed by atoms with van der Waals surface area (Å²) in [6.07, 6.45) is 8.12. The summed E-state index contributed by atoms with van der Waals surface area (Å²) in [7, 11) is 0. The van der Waals surface area contributed by atoms with Crippen LogP contribution in [0.1, 0.15) is 54.7 Å². The Morgan fingerprint density at radius 1 is 1.00 bits per heavy atom. The van der Waals surface area contributed by atoms with Gasteiger partial charge in [-0.3, -0.25) is 0 Å². The van der Waals surface area contributed by atoms with Crippen molar-refractivity contribution in [2.24, 2.45) is 5.16 Å². The summed E-state index contributed by atoms with van der Waals surface area (Å²) in [5.74, 6) is -1.08. The van der Waals surface area contributed by atoms with Gasteiger partial charge in [0.1, 0.15) is 6.61 Å². The average Bonchev–Trinajstić information content (AvgIpc) is 2.63. The lowest BCUT2D eigenvalue weighted by atomic mass is 9.84. The van der Waals surface area contributed by atoms with E-state index in [9.17, 15) is 8.78 Å². The summed E-state index contributed by atoms with van der Waals surface area (Å²) in [5.41, 5.74) is 2.46. The van der Waals surface area contributed by atoms with Gasteiger partial charge in [0.05, 0.1) is 6.21 Å². The summed E-state index contributed by atoms with van der Waals surface area (Å²) in [5, 5.41) is 3.84. The number of rotatable bonds is 5. The Bertz CT molecular complexity index is 691.